The third-order valence-electron chi connectivity index (χ3n) is 3.42. The Hall–Kier alpha value is -2.56. The predicted molar refractivity (Wildman–Crippen MR) is 79.6 cm³/mol. The smallest absolute Gasteiger partial charge is 0.170 e. The number of aryl methyl sites for hydroxylation is 2. The van der Waals surface area contributed by atoms with E-state index in [4.69, 9.17) is 15.7 Å². The number of halogens is 1. The molecule has 0 atom stereocenters. The summed E-state index contributed by atoms with van der Waals surface area (Å²) in [6, 6.07) is 8.10. The molecule has 0 saturated carbocycles. The maximum Gasteiger partial charge on any atom is 0.170 e. The van der Waals surface area contributed by atoms with Crippen molar-refractivity contribution in [3.63, 3.8) is 0 Å². The minimum absolute atomic E-state index is 0.0984. The van der Waals surface area contributed by atoms with Crippen molar-refractivity contribution in [1.29, 1.82) is 0 Å². The molecule has 0 heterocycles. The molecule has 0 bridgehead atoms. The first-order valence-electron chi connectivity index (χ1n) is 6.46. The van der Waals surface area contributed by atoms with E-state index >= 15 is 0 Å². The van der Waals surface area contributed by atoms with Gasteiger partial charge in [-0.1, -0.05) is 17.3 Å². The lowest BCUT2D eigenvalue weighted by Crippen LogP contribution is -2.13. The molecular weight excluding hydrogens is 271 g/mol. The molecule has 0 fully saturated rings. The van der Waals surface area contributed by atoms with Gasteiger partial charge in [-0.25, -0.2) is 4.39 Å². The van der Waals surface area contributed by atoms with Gasteiger partial charge in [0, 0.05) is 5.56 Å². The highest BCUT2D eigenvalue weighted by molar-refractivity contribution is 5.97. The molecule has 0 unspecified atom stereocenters. The molecule has 0 radical (unpaired) electrons. The summed E-state index contributed by atoms with van der Waals surface area (Å²) in [5, 5.41) is 11.4. The average molecular weight is 288 g/mol. The van der Waals surface area contributed by atoms with E-state index < -0.39 is 5.82 Å². The number of rotatable bonds is 3. The third-order valence-corrected chi connectivity index (χ3v) is 3.42. The van der Waals surface area contributed by atoms with Crippen LogP contribution in [-0.2, 0) is 0 Å². The van der Waals surface area contributed by atoms with E-state index in [0.29, 0.717) is 11.3 Å². The SMILES string of the molecule is Cc1ccc(C)c(Oc2ccc(/C(N)=N/O)cc2F)c1C. The predicted octanol–water partition coefficient (Wildman–Crippen LogP) is 3.64. The number of hydrogen-bond donors (Lipinski definition) is 2. The van der Waals surface area contributed by atoms with Gasteiger partial charge in [-0.05, 0) is 55.7 Å². The first-order chi connectivity index (χ1) is 9.93. The summed E-state index contributed by atoms with van der Waals surface area (Å²) >= 11 is 0. The number of nitrogens with zero attached hydrogens (tertiary/aromatic N) is 1. The maximum absolute atomic E-state index is 14.1. The number of hydrogen-bond acceptors (Lipinski definition) is 3. The van der Waals surface area contributed by atoms with Crippen molar-refractivity contribution in [3.05, 3.63) is 58.4 Å². The molecule has 110 valence electrons. The van der Waals surface area contributed by atoms with Crippen LogP contribution in [0.5, 0.6) is 11.5 Å². The summed E-state index contributed by atoms with van der Waals surface area (Å²) in [7, 11) is 0. The molecule has 0 aliphatic rings. The van der Waals surface area contributed by atoms with Crippen LogP contribution in [0.1, 0.15) is 22.3 Å². The maximum atomic E-state index is 14.1. The van der Waals surface area contributed by atoms with Gasteiger partial charge in [0.1, 0.15) is 5.75 Å². The van der Waals surface area contributed by atoms with Crippen molar-refractivity contribution in [2.45, 2.75) is 20.8 Å². The van der Waals surface area contributed by atoms with Crippen molar-refractivity contribution in [2.75, 3.05) is 0 Å². The van der Waals surface area contributed by atoms with Gasteiger partial charge in [0.05, 0.1) is 0 Å². The summed E-state index contributed by atoms with van der Waals surface area (Å²) in [5.41, 5.74) is 8.69. The highest BCUT2D eigenvalue weighted by Gasteiger charge is 2.12. The van der Waals surface area contributed by atoms with E-state index in [1.165, 1.54) is 18.2 Å². The fraction of sp³-hybridized carbons (Fsp3) is 0.188. The summed E-state index contributed by atoms with van der Waals surface area (Å²) in [6.07, 6.45) is 0. The quantitative estimate of drug-likeness (QED) is 0.392. The molecule has 0 saturated heterocycles. The van der Waals surface area contributed by atoms with Gasteiger partial charge in [0.25, 0.3) is 0 Å². The molecule has 0 amide bonds. The monoisotopic (exact) mass is 288 g/mol. The van der Waals surface area contributed by atoms with E-state index in [-0.39, 0.29) is 11.6 Å². The van der Waals surface area contributed by atoms with Gasteiger partial charge in [-0.3, -0.25) is 0 Å². The molecule has 5 heteroatoms. The Morgan fingerprint density at radius 1 is 1.14 bits per heavy atom. The van der Waals surface area contributed by atoms with E-state index in [0.717, 1.165) is 16.7 Å². The van der Waals surface area contributed by atoms with Crippen LogP contribution in [0.15, 0.2) is 35.5 Å². The Balaban J connectivity index is 2.39. The molecule has 4 nitrogen and oxygen atoms in total. The number of amidine groups is 1. The zero-order chi connectivity index (χ0) is 15.6. The number of ether oxygens (including phenoxy) is 1. The largest absolute Gasteiger partial charge is 0.454 e. The third kappa shape index (κ3) is 2.97. The number of benzene rings is 2. The van der Waals surface area contributed by atoms with Gasteiger partial charge < -0.3 is 15.7 Å². The van der Waals surface area contributed by atoms with Crippen LogP contribution < -0.4 is 10.5 Å². The summed E-state index contributed by atoms with van der Waals surface area (Å²) < 4.78 is 19.8. The second kappa shape index (κ2) is 5.83. The zero-order valence-electron chi connectivity index (χ0n) is 12.1. The van der Waals surface area contributed by atoms with Crippen molar-refractivity contribution in [3.8, 4) is 11.5 Å². The van der Waals surface area contributed by atoms with Crippen LogP contribution >= 0.6 is 0 Å². The fourth-order valence-electron chi connectivity index (χ4n) is 1.99. The first kappa shape index (κ1) is 14.8. The lowest BCUT2D eigenvalue weighted by Gasteiger charge is -2.14. The highest BCUT2D eigenvalue weighted by atomic mass is 19.1. The molecule has 0 spiro atoms. The van der Waals surface area contributed by atoms with Crippen molar-refractivity contribution in [2.24, 2.45) is 10.9 Å². The van der Waals surface area contributed by atoms with Crippen LogP contribution in [0.3, 0.4) is 0 Å². The van der Waals surface area contributed by atoms with Crippen molar-refractivity contribution < 1.29 is 14.3 Å². The van der Waals surface area contributed by atoms with Crippen LogP contribution in [0.2, 0.25) is 0 Å². The average Bonchev–Trinajstić information content (AvgIpc) is 2.48. The molecule has 2 aromatic rings. The Morgan fingerprint density at radius 2 is 1.81 bits per heavy atom. The molecule has 0 aliphatic carbocycles. The molecule has 3 N–H and O–H groups in total. The zero-order valence-corrected chi connectivity index (χ0v) is 12.1. The van der Waals surface area contributed by atoms with Crippen molar-refractivity contribution in [1.82, 2.24) is 0 Å². The van der Waals surface area contributed by atoms with Gasteiger partial charge in [-0.15, -0.1) is 0 Å². The molecule has 21 heavy (non-hydrogen) atoms. The Morgan fingerprint density at radius 3 is 2.43 bits per heavy atom. The number of oxime groups is 1. The van der Waals surface area contributed by atoms with Crippen LogP contribution in [0, 0.1) is 26.6 Å². The molecular formula is C16H17FN2O2. The van der Waals surface area contributed by atoms with Crippen LogP contribution in [-0.4, -0.2) is 11.0 Å². The lowest BCUT2D eigenvalue weighted by molar-refractivity contribution is 0.318. The summed E-state index contributed by atoms with van der Waals surface area (Å²) in [5.74, 6) is 0.0227. The molecule has 0 aliphatic heterocycles. The van der Waals surface area contributed by atoms with Gasteiger partial charge >= 0.3 is 0 Å². The Bertz CT molecular complexity index is 712. The Kier molecular flexibility index (Phi) is 4.12. The van der Waals surface area contributed by atoms with E-state index in [1.54, 1.807) is 0 Å². The first-order valence-corrected chi connectivity index (χ1v) is 6.46. The fourth-order valence-corrected chi connectivity index (χ4v) is 1.99. The summed E-state index contributed by atoms with van der Waals surface area (Å²) in [6.45, 7) is 5.81. The minimum atomic E-state index is -0.570. The number of nitrogens with two attached hydrogens (primary N) is 1. The molecule has 0 aromatic heterocycles. The Labute approximate surface area is 122 Å². The second-order valence-electron chi connectivity index (χ2n) is 4.89. The standard InChI is InChI=1S/C16H17FN2O2/c1-9-4-5-10(2)15(11(9)3)21-14-7-6-12(8-13(14)17)16(18)19-20/h4-8,20H,1-3H3,(H2,18,19). The van der Waals surface area contributed by atoms with E-state index in [9.17, 15) is 4.39 Å². The van der Waals surface area contributed by atoms with Crippen LogP contribution in [0.25, 0.3) is 0 Å². The second-order valence-corrected chi connectivity index (χ2v) is 4.89. The van der Waals surface area contributed by atoms with Gasteiger partial charge in [0.2, 0.25) is 0 Å². The minimum Gasteiger partial charge on any atom is -0.454 e. The van der Waals surface area contributed by atoms with Gasteiger partial charge in [0.15, 0.2) is 17.4 Å². The van der Waals surface area contributed by atoms with E-state index in [1.807, 2.05) is 32.9 Å². The van der Waals surface area contributed by atoms with E-state index in [2.05, 4.69) is 5.16 Å². The van der Waals surface area contributed by atoms with Crippen LogP contribution in [0.4, 0.5) is 4.39 Å². The summed E-state index contributed by atoms with van der Waals surface area (Å²) in [4.78, 5) is 0. The lowest BCUT2D eigenvalue weighted by atomic mass is 10.1. The molecule has 2 aromatic carbocycles. The van der Waals surface area contributed by atoms with Gasteiger partial charge in [-0.2, -0.15) is 0 Å². The normalized spacial score (nSPS) is 11.5. The topological polar surface area (TPSA) is 67.8 Å². The highest BCUT2D eigenvalue weighted by Crippen LogP contribution is 2.32. The molecule has 2 rings (SSSR count). The van der Waals surface area contributed by atoms with Crippen molar-refractivity contribution >= 4 is 5.84 Å².